The highest BCUT2D eigenvalue weighted by atomic mass is 17.0. The molecule has 9 nitrogen and oxygen atoms in total. The van der Waals surface area contributed by atoms with Crippen molar-refractivity contribution >= 4 is 12.3 Å². The summed E-state index contributed by atoms with van der Waals surface area (Å²) in [4.78, 5) is 30.1. The molecule has 7 fully saturated rings. The molecule has 314 valence electrons. The third-order valence-electron chi connectivity index (χ3n) is 15.8. The van der Waals surface area contributed by atoms with Crippen LogP contribution in [0.4, 0.5) is 0 Å². The first-order valence-corrected chi connectivity index (χ1v) is 22.6. The zero-order valence-corrected chi connectivity index (χ0v) is 34.9. The van der Waals surface area contributed by atoms with Crippen molar-refractivity contribution in [3.63, 3.8) is 0 Å². The second-order valence-corrected chi connectivity index (χ2v) is 19.1. The normalized spacial score (nSPS) is 40.1. The molecule has 10 rings (SSSR count). The van der Waals surface area contributed by atoms with Crippen molar-refractivity contribution in [1.82, 2.24) is 0 Å². The number of aliphatic hydroxyl groups excluding tert-OH is 1. The van der Waals surface area contributed by atoms with Gasteiger partial charge < -0.3 is 33.6 Å². The highest BCUT2D eigenvalue weighted by Crippen LogP contribution is 2.83. The topological polar surface area (TPSA) is 110 Å². The first kappa shape index (κ1) is 40.5. The van der Waals surface area contributed by atoms with Gasteiger partial charge in [0.05, 0.1) is 12.0 Å². The predicted octanol–water partition coefficient (Wildman–Crippen LogP) is 8.87. The van der Waals surface area contributed by atoms with Crippen molar-refractivity contribution < 1.29 is 43.1 Å². The molecule has 8 aliphatic rings. The van der Waals surface area contributed by atoms with Gasteiger partial charge >= 0.3 is 11.9 Å². The van der Waals surface area contributed by atoms with Gasteiger partial charge in [-0.25, -0.2) is 0 Å². The quantitative estimate of drug-likeness (QED) is 0.0646. The van der Waals surface area contributed by atoms with Crippen LogP contribution in [0.2, 0.25) is 0 Å². The molecular weight excluding hydrogens is 733 g/mol. The molecule has 13 atom stereocenters. The second-order valence-electron chi connectivity index (χ2n) is 19.1. The molecule has 8 bridgehead atoms. The summed E-state index contributed by atoms with van der Waals surface area (Å²) < 4.78 is 39.2. The molecule has 58 heavy (non-hydrogen) atoms. The summed E-state index contributed by atoms with van der Waals surface area (Å²) in [5.41, 5.74) is -0.397. The lowest BCUT2D eigenvalue weighted by molar-refractivity contribution is -0.448. The fourth-order valence-corrected chi connectivity index (χ4v) is 13.3. The number of unbranched alkanes of at least 4 members (excludes halogenated alkanes) is 7. The summed E-state index contributed by atoms with van der Waals surface area (Å²) in [5, 5.41) is 11.9. The molecule has 2 aromatic carbocycles. The first-order chi connectivity index (χ1) is 28.2. The Balaban J connectivity index is 1.01. The Morgan fingerprint density at radius 1 is 0.897 bits per heavy atom. The molecule has 0 amide bonds. The Bertz CT molecular complexity index is 1780. The SMILES string of the molecule is CCCCCCCCCCOC1C2OC3(OCC45CC6C(C)CCC6C6(C=O)CC4C=C(C(C)C)C65C(=O)OC(c4ccccc4)c4ccccc4)OC2OC1C3O. The number of carbonyl (C=O) groups excluding carboxylic acids is 2. The molecule has 0 aromatic heterocycles. The molecule has 0 radical (unpaired) electrons. The molecule has 4 heterocycles. The summed E-state index contributed by atoms with van der Waals surface area (Å²) in [5.74, 6) is -1.61. The van der Waals surface area contributed by atoms with Crippen LogP contribution in [0.25, 0.3) is 0 Å². The van der Waals surface area contributed by atoms with Gasteiger partial charge in [-0.05, 0) is 66.4 Å². The number of benzene rings is 2. The smallest absolute Gasteiger partial charge is 0.318 e. The molecule has 3 saturated carbocycles. The van der Waals surface area contributed by atoms with E-state index in [2.05, 4.69) is 33.8 Å². The van der Waals surface area contributed by atoms with Crippen molar-refractivity contribution in [1.29, 1.82) is 0 Å². The average molecular weight is 797 g/mol. The fourth-order valence-electron chi connectivity index (χ4n) is 13.3. The number of hydrogen-bond acceptors (Lipinski definition) is 9. The van der Waals surface area contributed by atoms with Gasteiger partial charge in [0.15, 0.2) is 18.5 Å². The van der Waals surface area contributed by atoms with E-state index >= 15 is 4.79 Å². The molecule has 0 spiro atoms. The molecule has 13 unspecified atom stereocenters. The summed E-state index contributed by atoms with van der Waals surface area (Å²) in [6.45, 7) is 9.40. The van der Waals surface area contributed by atoms with E-state index in [1.165, 1.54) is 38.5 Å². The number of rotatable bonds is 19. The van der Waals surface area contributed by atoms with E-state index in [0.717, 1.165) is 48.7 Å². The minimum absolute atomic E-state index is 0.0272. The van der Waals surface area contributed by atoms with Gasteiger partial charge in [0.1, 0.15) is 30.0 Å². The lowest BCUT2D eigenvalue weighted by atomic mass is 9.43. The Labute approximate surface area is 344 Å². The number of fused-ring (bicyclic) bond motifs is 2. The Morgan fingerprint density at radius 3 is 2.22 bits per heavy atom. The number of hydrogen-bond donors (Lipinski definition) is 1. The van der Waals surface area contributed by atoms with E-state index < -0.39 is 59.0 Å². The first-order valence-electron chi connectivity index (χ1n) is 22.6. The highest BCUT2D eigenvalue weighted by molar-refractivity contribution is 5.92. The van der Waals surface area contributed by atoms with Crippen molar-refractivity contribution in [2.75, 3.05) is 13.2 Å². The zero-order valence-electron chi connectivity index (χ0n) is 34.9. The monoisotopic (exact) mass is 796 g/mol. The van der Waals surface area contributed by atoms with E-state index in [1.807, 2.05) is 60.7 Å². The molecule has 4 saturated heterocycles. The van der Waals surface area contributed by atoms with Crippen LogP contribution in [0.3, 0.4) is 0 Å². The van der Waals surface area contributed by atoms with E-state index in [0.29, 0.717) is 25.4 Å². The summed E-state index contributed by atoms with van der Waals surface area (Å²) in [7, 11) is 0. The molecule has 4 aliphatic heterocycles. The van der Waals surface area contributed by atoms with Crippen molar-refractivity contribution in [3.05, 3.63) is 83.4 Å². The number of ether oxygens (including phenoxy) is 6. The highest BCUT2D eigenvalue weighted by Gasteiger charge is 2.85. The molecule has 2 aromatic rings. The largest absolute Gasteiger partial charge is 0.452 e. The van der Waals surface area contributed by atoms with Crippen LogP contribution in [0.15, 0.2) is 72.3 Å². The van der Waals surface area contributed by atoms with Crippen LogP contribution in [0.1, 0.15) is 122 Å². The molecule has 4 aliphatic carbocycles. The maximum Gasteiger partial charge on any atom is 0.318 e. The van der Waals surface area contributed by atoms with Gasteiger partial charge in [0.25, 0.3) is 0 Å². The standard InChI is InChI=1S/C49H64O9/c1-5-6-7-8-9-10-11-18-25-53-40-41-43(51)49(57-42(40)44(55-41)58-49)54-30-47-28-36-32(4)23-24-37(36)46(29-50)27-35(47)26-38(31(2)3)48(46,47)45(52)56-39(33-19-14-12-15-20-33)34-21-16-13-17-22-34/h12-17,19-22,26,29,31-32,35-37,39-44,51H,5-11,18,23-25,27-28,30H2,1-4H3. The van der Waals surface area contributed by atoms with Crippen LogP contribution in [0.5, 0.6) is 0 Å². The minimum atomic E-state index is -1.77. The van der Waals surface area contributed by atoms with E-state index in [9.17, 15) is 9.90 Å². The predicted molar refractivity (Wildman–Crippen MR) is 217 cm³/mol. The van der Waals surface area contributed by atoms with Gasteiger partial charge in [0, 0.05) is 12.0 Å². The van der Waals surface area contributed by atoms with Gasteiger partial charge in [-0.2, -0.15) is 0 Å². The lowest BCUT2D eigenvalue weighted by Gasteiger charge is -2.59. The average Bonchev–Trinajstić information content (AvgIpc) is 3.97. The third-order valence-corrected chi connectivity index (χ3v) is 15.8. The Morgan fingerprint density at radius 2 is 1.57 bits per heavy atom. The van der Waals surface area contributed by atoms with Crippen LogP contribution in [-0.2, 0) is 38.0 Å². The molecular formula is C49H64O9. The minimum Gasteiger partial charge on any atom is -0.452 e. The van der Waals surface area contributed by atoms with Crippen LogP contribution in [0, 0.1) is 45.8 Å². The number of aliphatic hydroxyl groups is 1. The fraction of sp³-hybridized carbons (Fsp3) is 0.673. The lowest BCUT2D eigenvalue weighted by Crippen LogP contribution is -2.66. The zero-order chi connectivity index (χ0) is 40.3. The maximum absolute atomic E-state index is 15.9. The van der Waals surface area contributed by atoms with E-state index in [4.69, 9.17) is 28.4 Å². The third kappa shape index (κ3) is 5.99. The summed E-state index contributed by atoms with van der Waals surface area (Å²) >= 11 is 0. The van der Waals surface area contributed by atoms with Crippen molar-refractivity contribution in [3.8, 4) is 0 Å². The number of aldehydes is 1. The van der Waals surface area contributed by atoms with E-state index in [-0.39, 0.29) is 36.2 Å². The van der Waals surface area contributed by atoms with E-state index in [1.54, 1.807) is 0 Å². The number of esters is 1. The second kappa shape index (κ2) is 15.8. The maximum atomic E-state index is 15.9. The summed E-state index contributed by atoms with van der Waals surface area (Å²) in [6.07, 6.45) is 11.9. The Hall–Kier alpha value is -2.92. The molecule has 1 N–H and O–H groups in total. The van der Waals surface area contributed by atoms with Crippen LogP contribution in [-0.4, -0.2) is 67.3 Å². The van der Waals surface area contributed by atoms with Gasteiger partial charge in [-0.15, -0.1) is 0 Å². The van der Waals surface area contributed by atoms with Gasteiger partial charge in [-0.1, -0.05) is 151 Å². The Kier molecular flexibility index (Phi) is 11.1. The van der Waals surface area contributed by atoms with Crippen LogP contribution < -0.4 is 0 Å². The van der Waals surface area contributed by atoms with Crippen LogP contribution >= 0.6 is 0 Å². The van der Waals surface area contributed by atoms with Crippen molar-refractivity contribution in [2.45, 2.75) is 148 Å². The summed E-state index contributed by atoms with van der Waals surface area (Å²) in [6, 6.07) is 19.7. The van der Waals surface area contributed by atoms with Gasteiger partial charge in [-0.3, -0.25) is 9.53 Å². The molecule has 9 heteroatoms. The van der Waals surface area contributed by atoms with Gasteiger partial charge in [0.2, 0.25) is 0 Å². The van der Waals surface area contributed by atoms with Crippen molar-refractivity contribution in [2.24, 2.45) is 45.8 Å². The number of allylic oxidation sites excluding steroid dienone is 1. The number of carbonyl (C=O) groups is 2.